The molecule has 3 nitrogen and oxygen atoms in total. The second kappa shape index (κ2) is 6.79. The molecule has 1 saturated carbocycles. The van der Waals surface area contributed by atoms with Gasteiger partial charge in [-0.25, -0.2) is 0 Å². The number of rotatable bonds is 6. The van der Waals surface area contributed by atoms with Gasteiger partial charge in [0.25, 0.3) is 0 Å². The van der Waals surface area contributed by atoms with E-state index in [1.807, 2.05) is 0 Å². The van der Waals surface area contributed by atoms with Crippen LogP contribution in [-0.2, 0) is 9.47 Å². The van der Waals surface area contributed by atoms with Crippen molar-refractivity contribution in [1.82, 2.24) is 5.32 Å². The van der Waals surface area contributed by atoms with Crippen molar-refractivity contribution in [1.29, 1.82) is 0 Å². The molecule has 0 aromatic rings. The fraction of sp³-hybridized carbons (Fsp3) is 1.00. The maximum atomic E-state index is 6.12. The van der Waals surface area contributed by atoms with Gasteiger partial charge >= 0.3 is 0 Å². The minimum absolute atomic E-state index is 0.204. The maximum absolute atomic E-state index is 6.12. The highest BCUT2D eigenvalue weighted by atomic mass is 32.2. The van der Waals surface area contributed by atoms with Crippen LogP contribution in [0.3, 0.4) is 0 Å². The second-order valence-corrected chi connectivity index (χ2v) is 7.53. The molecule has 1 aliphatic carbocycles. The zero-order valence-electron chi connectivity index (χ0n) is 11.9. The molecule has 0 aromatic carbocycles. The van der Waals surface area contributed by atoms with E-state index in [-0.39, 0.29) is 5.60 Å². The molecular formula is C15H27NO2S. The molecule has 1 N–H and O–H groups in total. The first kappa shape index (κ1) is 14.2. The lowest BCUT2D eigenvalue weighted by molar-refractivity contribution is -0.0935. The van der Waals surface area contributed by atoms with Gasteiger partial charge in [-0.15, -0.1) is 0 Å². The van der Waals surface area contributed by atoms with Crippen molar-refractivity contribution < 1.29 is 9.47 Å². The predicted molar refractivity (Wildman–Crippen MR) is 79.8 cm³/mol. The molecule has 1 unspecified atom stereocenters. The van der Waals surface area contributed by atoms with Gasteiger partial charge in [-0.2, -0.15) is 11.8 Å². The fourth-order valence-corrected chi connectivity index (χ4v) is 4.40. The molecule has 1 atom stereocenters. The van der Waals surface area contributed by atoms with Crippen LogP contribution in [0.2, 0.25) is 0 Å². The van der Waals surface area contributed by atoms with E-state index in [4.69, 9.17) is 9.47 Å². The molecule has 4 heteroatoms. The number of nitrogens with one attached hydrogen (secondary N) is 1. The SMILES string of the molecule is C(COCC1CC1)NC1CCOC2(CCSCC2)C1. The minimum Gasteiger partial charge on any atom is -0.380 e. The van der Waals surface area contributed by atoms with Crippen molar-refractivity contribution in [3.05, 3.63) is 0 Å². The summed E-state index contributed by atoms with van der Waals surface area (Å²) < 4.78 is 11.8. The molecule has 0 aromatic heterocycles. The quantitative estimate of drug-likeness (QED) is 0.759. The van der Waals surface area contributed by atoms with E-state index < -0.39 is 0 Å². The highest BCUT2D eigenvalue weighted by Crippen LogP contribution is 2.37. The van der Waals surface area contributed by atoms with Gasteiger partial charge in [-0.05, 0) is 55.9 Å². The molecule has 3 fully saturated rings. The smallest absolute Gasteiger partial charge is 0.0713 e. The fourth-order valence-electron chi connectivity index (χ4n) is 3.16. The molecule has 0 bridgehead atoms. The summed E-state index contributed by atoms with van der Waals surface area (Å²) >= 11 is 2.08. The number of hydrogen-bond donors (Lipinski definition) is 1. The Morgan fingerprint density at radius 3 is 2.84 bits per heavy atom. The van der Waals surface area contributed by atoms with E-state index in [1.54, 1.807) is 0 Å². The van der Waals surface area contributed by atoms with Crippen molar-refractivity contribution in [2.75, 3.05) is 37.9 Å². The highest BCUT2D eigenvalue weighted by Gasteiger charge is 2.38. The molecule has 2 saturated heterocycles. The van der Waals surface area contributed by atoms with E-state index in [0.29, 0.717) is 6.04 Å². The van der Waals surface area contributed by atoms with Crippen LogP contribution in [0.5, 0.6) is 0 Å². The molecule has 19 heavy (non-hydrogen) atoms. The monoisotopic (exact) mass is 285 g/mol. The van der Waals surface area contributed by atoms with Crippen LogP contribution in [0.25, 0.3) is 0 Å². The third kappa shape index (κ3) is 4.35. The number of thioether (sulfide) groups is 1. The average molecular weight is 285 g/mol. The highest BCUT2D eigenvalue weighted by molar-refractivity contribution is 7.99. The maximum Gasteiger partial charge on any atom is 0.0713 e. The topological polar surface area (TPSA) is 30.5 Å². The molecule has 0 radical (unpaired) electrons. The van der Waals surface area contributed by atoms with Crippen LogP contribution >= 0.6 is 11.8 Å². The van der Waals surface area contributed by atoms with E-state index in [0.717, 1.165) is 38.7 Å². The first-order valence-electron chi connectivity index (χ1n) is 7.89. The van der Waals surface area contributed by atoms with E-state index in [9.17, 15) is 0 Å². The van der Waals surface area contributed by atoms with Crippen molar-refractivity contribution in [2.45, 2.75) is 50.2 Å². The second-order valence-electron chi connectivity index (χ2n) is 6.31. The summed E-state index contributed by atoms with van der Waals surface area (Å²) in [5.41, 5.74) is 0.204. The Hall–Kier alpha value is 0.230. The van der Waals surface area contributed by atoms with Gasteiger partial charge in [-0.1, -0.05) is 0 Å². The summed E-state index contributed by atoms with van der Waals surface area (Å²) in [6.07, 6.45) is 7.62. The Morgan fingerprint density at radius 2 is 2.05 bits per heavy atom. The zero-order chi connectivity index (χ0) is 13.0. The van der Waals surface area contributed by atoms with Crippen LogP contribution in [0.15, 0.2) is 0 Å². The normalized spacial score (nSPS) is 30.6. The van der Waals surface area contributed by atoms with Gasteiger partial charge in [0, 0.05) is 25.8 Å². The van der Waals surface area contributed by atoms with Crippen molar-refractivity contribution in [3.63, 3.8) is 0 Å². The van der Waals surface area contributed by atoms with Crippen molar-refractivity contribution in [2.24, 2.45) is 5.92 Å². The Balaban J connectivity index is 1.33. The lowest BCUT2D eigenvalue weighted by Gasteiger charge is -2.43. The van der Waals surface area contributed by atoms with Gasteiger partial charge in [0.1, 0.15) is 0 Å². The van der Waals surface area contributed by atoms with Gasteiger partial charge in [0.05, 0.1) is 12.2 Å². The molecule has 0 amide bonds. The van der Waals surface area contributed by atoms with Crippen LogP contribution in [0.1, 0.15) is 38.5 Å². The molecular weight excluding hydrogens is 258 g/mol. The first-order valence-corrected chi connectivity index (χ1v) is 9.05. The summed E-state index contributed by atoms with van der Waals surface area (Å²) in [7, 11) is 0. The van der Waals surface area contributed by atoms with Crippen molar-refractivity contribution in [3.8, 4) is 0 Å². The standard InChI is InChI=1S/C15H27NO2S/c1-2-13(1)12-17-8-6-16-14-3-7-18-15(11-14)4-9-19-10-5-15/h13-14,16H,1-12H2. The summed E-state index contributed by atoms with van der Waals surface area (Å²) in [4.78, 5) is 0. The lowest BCUT2D eigenvalue weighted by atomic mass is 9.85. The molecule has 2 heterocycles. The molecule has 1 spiro atoms. The molecule has 3 aliphatic rings. The predicted octanol–water partition coefficient (Wildman–Crippen LogP) is 2.45. The number of hydrogen-bond acceptors (Lipinski definition) is 4. The van der Waals surface area contributed by atoms with E-state index in [2.05, 4.69) is 17.1 Å². The summed E-state index contributed by atoms with van der Waals surface area (Å²) in [6.45, 7) is 3.79. The van der Waals surface area contributed by atoms with E-state index in [1.165, 1.54) is 43.6 Å². The third-order valence-electron chi connectivity index (χ3n) is 4.63. The first-order chi connectivity index (χ1) is 9.36. The summed E-state index contributed by atoms with van der Waals surface area (Å²) in [6, 6.07) is 0.640. The summed E-state index contributed by atoms with van der Waals surface area (Å²) in [5.74, 6) is 3.43. The molecule has 3 rings (SSSR count). The minimum atomic E-state index is 0.204. The van der Waals surface area contributed by atoms with Crippen LogP contribution in [-0.4, -0.2) is 49.5 Å². The van der Waals surface area contributed by atoms with Gasteiger partial charge in [0.15, 0.2) is 0 Å². The molecule has 110 valence electrons. The molecule has 2 aliphatic heterocycles. The Kier molecular flexibility index (Phi) is 5.07. The Bertz CT molecular complexity index is 272. The zero-order valence-corrected chi connectivity index (χ0v) is 12.7. The lowest BCUT2D eigenvalue weighted by Crippen LogP contribution is -2.49. The largest absolute Gasteiger partial charge is 0.380 e. The Labute approximate surface area is 121 Å². The van der Waals surface area contributed by atoms with Gasteiger partial charge in [0.2, 0.25) is 0 Å². The summed E-state index contributed by atoms with van der Waals surface area (Å²) in [5, 5.41) is 3.68. The van der Waals surface area contributed by atoms with Crippen LogP contribution in [0, 0.1) is 5.92 Å². The van der Waals surface area contributed by atoms with Crippen LogP contribution < -0.4 is 5.32 Å². The van der Waals surface area contributed by atoms with Crippen LogP contribution in [0.4, 0.5) is 0 Å². The average Bonchev–Trinajstić information content (AvgIpc) is 3.24. The van der Waals surface area contributed by atoms with Gasteiger partial charge in [-0.3, -0.25) is 0 Å². The van der Waals surface area contributed by atoms with Gasteiger partial charge < -0.3 is 14.8 Å². The number of ether oxygens (including phenoxy) is 2. The third-order valence-corrected chi connectivity index (χ3v) is 5.61. The van der Waals surface area contributed by atoms with Crippen molar-refractivity contribution >= 4 is 11.8 Å². The van der Waals surface area contributed by atoms with E-state index >= 15 is 0 Å². The Morgan fingerprint density at radius 1 is 1.21 bits per heavy atom.